The average molecular weight is 482 g/mol. The molecule has 1 aliphatic heterocycles. The molecule has 31 heavy (non-hydrogen) atoms. The second-order valence-electron chi connectivity index (χ2n) is 7.90. The maximum absolute atomic E-state index is 13.6. The fraction of sp³-hybridized carbons (Fsp3) is 0.435. The molecule has 1 aliphatic rings. The predicted molar refractivity (Wildman–Crippen MR) is 126 cm³/mol. The minimum Gasteiger partial charge on any atom is -0.481 e. The zero-order valence-corrected chi connectivity index (χ0v) is 20.1. The second kappa shape index (κ2) is 10.4. The van der Waals surface area contributed by atoms with Crippen LogP contribution in [0.1, 0.15) is 43.4 Å². The summed E-state index contributed by atoms with van der Waals surface area (Å²) in [6, 6.07) is 13.4. The lowest BCUT2D eigenvalue weighted by molar-refractivity contribution is -0.143. The van der Waals surface area contributed by atoms with E-state index in [-0.39, 0.29) is 16.7 Å². The first-order chi connectivity index (χ1) is 14.7. The molecule has 0 amide bonds. The minimum absolute atomic E-state index is 0.0529. The van der Waals surface area contributed by atoms with E-state index in [4.69, 9.17) is 11.6 Å². The Kier molecular flexibility index (Phi) is 8.08. The number of hydrogen-bond donors (Lipinski definition) is 1. The van der Waals surface area contributed by atoms with E-state index in [1.807, 2.05) is 31.2 Å². The Hall–Kier alpha value is -1.54. The zero-order valence-electron chi connectivity index (χ0n) is 17.7. The maximum Gasteiger partial charge on any atom is 0.308 e. The molecule has 0 spiro atoms. The number of aryl methyl sites for hydroxylation is 1. The molecule has 0 saturated carbocycles. The highest BCUT2D eigenvalue weighted by Crippen LogP contribution is 2.42. The van der Waals surface area contributed by atoms with Gasteiger partial charge in [0.15, 0.2) is 0 Å². The van der Waals surface area contributed by atoms with Gasteiger partial charge in [-0.1, -0.05) is 54.8 Å². The SMILES string of the molecule is CCCCS[C@@H]1C[C@@H](c2ccc(C)cc2)N(S(=O)(=O)c2ccc(Cl)cc2)C[C@H]1C(=O)O. The number of halogens is 1. The van der Waals surface area contributed by atoms with Gasteiger partial charge in [-0.2, -0.15) is 16.1 Å². The Morgan fingerprint density at radius 2 is 1.81 bits per heavy atom. The number of hydrogen-bond acceptors (Lipinski definition) is 4. The second-order valence-corrected chi connectivity index (χ2v) is 11.6. The van der Waals surface area contributed by atoms with E-state index in [0.29, 0.717) is 11.4 Å². The van der Waals surface area contributed by atoms with E-state index in [2.05, 4.69) is 6.92 Å². The van der Waals surface area contributed by atoms with Crippen LogP contribution in [0.3, 0.4) is 0 Å². The molecule has 0 aliphatic carbocycles. The first kappa shape index (κ1) is 24.1. The molecule has 1 fully saturated rings. The van der Waals surface area contributed by atoms with Crippen LogP contribution in [0, 0.1) is 12.8 Å². The molecule has 2 aromatic rings. The maximum atomic E-state index is 13.6. The third kappa shape index (κ3) is 5.64. The number of rotatable bonds is 8. The van der Waals surface area contributed by atoms with Crippen molar-refractivity contribution in [1.29, 1.82) is 0 Å². The van der Waals surface area contributed by atoms with Gasteiger partial charge >= 0.3 is 5.97 Å². The van der Waals surface area contributed by atoms with E-state index < -0.39 is 28.0 Å². The first-order valence-corrected chi connectivity index (χ1v) is 13.3. The molecule has 1 N–H and O–H groups in total. The lowest BCUT2D eigenvalue weighted by Gasteiger charge is -2.41. The number of nitrogens with zero attached hydrogens (tertiary/aromatic N) is 1. The molecule has 1 saturated heterocycles. The number of carboxylic acid groups (broad SMARTS) is 1. The molecular formula is C23H28ClNO4S2. The predicted octanol–water partition coefficient (Wildman–Crippen LogP) is 5.39. The molecule has 1 heterocycles. The van der Waals surface area contributed by atoms with Gasteiger partial charge in [0.2, 0.25) is 10.0 Å². The summed E-state index contributed by atoms with van der Waals surface area (Å²) >= 11 is 7.59. The van der Waals surface area contributed by atoms with E-state index in [0.717, 1.165) is 29.7 Å². The van der Waals surface area contributed by atoms with Crippen molar-refractivity contribution in [2.45, 2.75) is 49.3 Å². The van der Waals surface area contributed by atoms with Gasteiger partial charge in [-0.3, -0.25) is 4.79 Å². The lowest BCUT2D eigenvalue weighted by atomic mass is 9.90. The van der Waals surface area contributed by atoms with Gasteiger partial charge in [0.05, 0.1) is 16.9 Å². The fourth-order valence-electron chi connectivity index (χ4n) is 3.84. The Bertz CT molecular complexity index is 993. The number of piperidine rings is 1. The molecule has 2 aromatic carbocycles. The number of aliphatic carboxylic acids is 1. The van der Waals surface area contributed by atoms with Crippen LogP contribution in [0.15, 0.2) is 53.4 Å². The van der Waals surface area contributed by atoms with Crippen LogP contribution in [-0.2, 0) is 14.8 Å². The summed E-state index contributed by atoms with van der Waals surface area (Å²) in [6.45, 7) is 4.03. The number of carbonyl (C=O) groups is 1. The molecule has 0 unspecified atom stereocenters. The van der Waals surface area contributed by atoms with Crippen molar-refractivity contribution in [3.63, 3.8) is 0 Å². The fourth-order valence-corrected chi connectivity index (χ4v) is 7.13. The van der Waals surface area contributed by atoms with Crippen molar-refractivity contribution in [1.82, 2.24) is 4.31 Å². The average Bonchev–Trinajstić information content (AvgIpc) is 2.74. The normalized spacial score (nSPS) is 22.4. The number of thioether (sulfide) groups is 1. The van der Waals surface area contributed by atoms with Gasteiger partial charge in [0.1, 0.15) is 0 Å². The summed E-state index contributed by atoms with van der Waals surface area (Å²) in [7, 11) is -3.90. The van der Waals surface area contributed by atoms with E-state index in [1.54, 1.807) is 11.8 Å². The number of carboxylic acids is 1. The molecule has 8 heteroatoms. The highest BCUT2D eigenvalue weighted by Gasteiger charge is 2.45. The Morgan fingerprint density at radius 3 is 2.39 bits per heavy atom. The van der Waals surface area contributed by atoms with Gasteiger partial charge in [0, 0.05) is 16.8 Å². The molecule has 0 radical (unpaired) electrons. The summed E-state index contributed by atoms with van der Waals surface area (Å²) in [5.41, 5.74) is 1.97. The van der Waals surface area contributed by atoms with Crippen LogP contribution in [0.25, 0.3) is 0 Å². The van der Waals surface area contributed by atoms with Crippen molar-refractivity contribution < 1.29 is 18.3 Å². The van der Waals surface area contributed by atoms with Crippen molar-refractivity contribution in [2.24, 2.45) is 5.92 Å². The zero-order chi connectivity index (χ0) is 22.6. The topological polar surface area (TPSA) is 74.7 Å². The van der Waals surface area contributed by atoms with Gasteiger partial charge in [-0.25, -0.2) is 8.42 Å². The smallest absolute Gasteiger partial charge is 0.308 e. The van der Waals surface area contributed by atoms with Gasteiger partial charge in [-0.15, -0.1) is 0 Å². The van der Waals surface area contributed by atoms with Crippen LogP contribution in [-0.4, -0.2) is 41.3 Å². The summed E-state index contributed by atoms with van der Waals surface area (Å²) in [4.78, 5) is 12.2. The molecule has 5 nitrogen and oxygen atoms in total. The Balaban J connectivity index is 2.01. The summed E-state index contributed by atoms with van der Waals surface area (Å²) in [5.74, 6) is -0.839. The van der Waals surface area contributed by atoms with Crippen LogP contribution >= 0.6 is 23.4 Å². The third-order valence-corrected chi connectivity index (χ3v) is 9.27. The summed E-state index contributed by atoms with van der Waals surface area (Å²) < 4.78 is 28.5. The van der Waals surface area contributed by atoms with E-state index in [1.165, 1.54) is 28.6 Å². The van der Waals surface area contributed by atoms with Crippen molar-refractivity contribution in [3.8, 4) is 0 Å². The largest absolute Gasteiger partial charge is 0.481 e. The van der Waals surface area contributed by atoms with E-state index >= 15 is 0 Å². The molecule has 168 valence electrons. The van der Waals surface area contributed by atoms with Crippen molar-refractivity contribution in [3.05, 3.63) is 64.7 Å². The molecule has 3 atom stereocenters. The van der Waals surface area contributed by atoms with Crippen molar-refractivity contribution >= 4 is 39.4 Å². The first-order valence-electron chi connectivity index (χ1n) is 10.4. The Labute approximate surface area is 193 Å². The molecular weight excluding hydrogens is 454 g/mol. The summed E-state index contributed by atoms with van der Waals surface area (Å²) in [5, 5.41) is 10.2. The van der Waals surface area contributed by atoms with Crippen LogP contribution < -0.4 is 0 Å². The number of sulfonamides is 1. The van der Waals surface area contributed by atoms with E-state index in [9.17, 15) is 18.3 Å². The lowest BCUT2D eigenvalue weighted by Crippen LogP contribution is -2.49. The molecule has 0 aromatic heterocycles. The quantitative estimate of drug-likeness (QED) is 0.512. The molecule has 0 bridgehead atoms. The van der Waals surface area contributed by atoms with Crippen molar-refractivity contribution in [2.75, 3.05) is 12.3 Å². The number of unbranched alkanes of at least 4 members (excludes halogenated alkanes) is 1. The highest BCUT2D eigenvalue weighted by molar-refractivity contribution is 7.99. The van der Waals surface area contributed by atoms with Crippen LogP contribution in [0.5, 0.6) is 0 Å². The van der Waals surface area contributed by atoms with Gasteiger partial charge in [0.25, 0.3) is 0 Å². The minimum atomic E-state index is -3.90. The standard InChI is InChI=1S/C23H28ClNO4S2/c1-3-4-13-30-22-14-21(17-7-5-16(2)6-8-17)25(15-20(22)23(26)27)31(28,29)19-11-9-18(24)10-12-19/h5-12,20-22H,3-4,13-15H2,1-2H3,(H,26,27)/t20-,21+,22-/m1/s1. The monoisotopic (exact) mass is 481 g/mol. The number of benzene rings is 2. The third-order valence-electron chi connectivity index (χ3n) is 5.66. The van der Waals surface area contributed by atoms with Gasteiger partial charge in [-0.05, 0) is 55.3 Å². The Morgan fingerprint density at radius 1 is 1.16 bits per heavy atom. The summed E-state index contributed by atoms with van der Waals surface area (Å²) in [6.07, 6.45) is 2.51. The molecule has 3 rings (SSSR count). The highest BCUT2D eigenvalue weighted by atomic mass is 35.5. The van der Waals surface area contributed by atoms with Crippen LogP contribution in [0.2, 0.25) is 5.02 Å². The van der Waals surface area contributed by atoms with Crippen LogP contribution in [0.4, 0.5) is 0 Å². The van der Waals surface area contributed by atoms with Gasteiger partial charge < -0.3 is 5.11 Å².